The maximum absolute atomic E-state index is 12.5. The first-order valence-electron chi connectivity index (χ1n) is 8.16. The van der Waals surface area contributed by atoms with E-state index in [4.69, 9.17) is 0 Å². The highest BCUT2D eigenvalue weighted by atomic mass is 16.2. The van der Waals surface area contributed by atoms with Crippen molar-refractivity contribution in [1.29, 1.82) is 0 Å². The first-order chi connectivity index (χ1) is 12.0. The van der Waals surface area contributed by atoms with Crippen molar-refractivity contribution in [2.45, 2.75) is 33.7 Å². The summed E-state index contributed by atoms with van der Waals surface area (Å²) in [5.41, 5.74) is 3.20. The Morgan fingerprint density at radius 2 is 2.04 bits per heavy atom. The van der Waals surface area contributed by atoms with Crippen molar-refractivity contribution in [2.24, 2.45) is 0 Å². The Morgan fingerprint density at radius 3 is 2.76 bits per heavy atom. The topological polar surface area (TPSA) is 94.7 Å². The molecule has 0 saturated carbocycles. The number of aryl methyl sites for hydroxylation is 2. The van der Waals surface area contributed by atoms with Gasteiger partial charge in [0.15, 0.2) is 11.2 Å². The molecular weight excluding hydrogens is 320 g/mol. The highest BCUT2D eigenvalue weighted by molar-refractivity contribution is 5.76. The second kappa shape index (κ2) is 6.84. The Kier molecular flexibility index (Phi) is 4.60. The summed E-state index contributed by atoms with van der Waals surface area (Å²) in [6.07, 6.45) is 2.19. The number of hydrogen-bond acceptors (Lipinski definition) is 5. The van der Waals surface area contributed by atoms with Crippen LogP contribution in [-0.4, -0.2) is 37.0 Å². The van der Waals surface area contributed by atoms with Crippen LogP contribution in [0, 0.1) is 13.8 Å². The number of hydrogen-bond donors (Lipinski definition) is 1. The van der Waals surface area contributed by atoms with Crippen molar-refractivity contribution >= 4 is 17.1 Å². The van der Waals surface area contributed by atoms with E-state index < -0.39 is 0 Å². The first kappa shape index (κ1) is 16.8. The quantitative estimate of drug-likeness (QED) is 0.751. The molecule has 8 heteroatoms. The molecule has 25 heavy (non-hydrogen) atoms. The normalized spacial score (nSPS) is 11.0. The van der Waals surface area contributed by atoms with Gasteiger partial charge in [-0.05, 0) is 43.5 Å². The van der Waals surface area contributed by atoms with Gasteiger partial charge in [0.25, 0.3) is 5.56 Å². The third-order valence-corrected chi connectivity index (χ3v) is 4.05. The van der Waals surface area contributed by atoms with Crippen LogP contribution < -0.4 is 10.9 Å². The second-order valence-electron chi connectivity index (χ2n) is 5.97. The molecule has 0 fully saturated rings. The monoisotopic (exact) mass is 340 g/mol. The van der Waals surface area contributed by atoms with Crippen molar-refractivity contribution in [3.63, 3.8) is 0 Å². The Bertz CT molecular complexity index is 988. The SMILES string of the molecule is CCCNC(=O)Cn1cnc2c(nnn2-c2ccc(C)c(C)c2)c1=O. The number of fused-ring (bicyclic) bond motifs is 1. The molecular formula is C17H20N6O2. The van der Waals surface area contributed by atoms with E-state index in [0.29, 0.717) is 12.2 Å². The number of nitrogens with one attached hydrogen (secondary N) is 1. The van der Waals surface area contributed by atoms with Gasteiger partial charge in [0.1, 0.15) is 12.9 Å². The van der Waals surface area contributed by atoms with Gasteiger partial charge in [0, 0.05) is 6.54 Å². The van der Waals surface area contributed by atoms with Crippen LogP contribution in [0.2, 0.25) is 0 Å². The molecule has 0 radical (unpaired) electrons. The molecule has 1 aromatic carbocycles. The molecule has 3 aromatic rings. The lowest BCUT2D eigenvalue weighted by molar-refractivity contribution is -0.121. The van der Waals surface area contributed by atoms with Crippen molar-refractivity contribution in [3.8, 4) is 5.69 Å². The van der Waals surface area contributed by atoms with Crippen LogP contribution in [0.25, 0.3) is 16.9 Å². The predicted molar refractivity (Wildman–Crippen MR) is 93.7 cm³/mol. The summed E-state index contributed by atoms with van der Waals surface area (Å²) >= 11 is 0. The van der Waals surface area contributed by atoms with Crippen molar-refractivity contribution in [1.82, 2.24) is 29.9 Å². The largest absolute Gasteiger partial charge is 0.355 e. The Labute approximate surface area is 144 Å². The average molecular weight is 340 g/mol. The van der Waals surface area contributed by atoms with Gasteiger partial charge in [-0.1, -0.05) is 18.2 Å². The lowest BCUT2D eigenvalue weighted by atomic mass is 10.1. The molecule has 0 aliphatic heterocycles. The van der Waals surface area contributed by atoms with Gasteiger partial charge in [-0.2, -0.15) is 4.68 Å². The molecule has 130 valence electrons. The maximum Gasteiger partial charge on any atom is 0.284 e. The predicted octanol–water partition coefficient (Wildman–Crippen LogP) is 1.12. The van der Waals surface area contributed by atoms with Gasteiger partial charge in [0.2, 0.25) is 5.91 Å². The van der Waals surface area contributed by atoms with Gasteiger partial charge >= 0.3 is 0 Å². The van der Waals surface area contributed by atoms with Gasteiger partial charge in [-0.3, -0.25) is 14.2 Å². The lowest BCUT2D eigenvalue weighted by Gasteiger charge is -2.07. The van der Waals surface area contributed by atoms with E-state index in [1.807, 2.05) is 39.0 Å². The number of amides is 1. The van der Waals surface area contributed by atoms with Crippen molar-refractivity contribution < 1.29 is 4.79 Å². The summed E-state index contributed by atoms with van der Waals surface area (Å²) in [5.74, 6) is -0.230. The maximum atomic E-state index is 12.5. The fourth-order valence-electron chi connectivity index (χ4n) is 2.46. The standard InChI is InChI=1S/C17H20N6O2/c1-4-7-18-14(24)9-22-10-19-16-15(17(22)25)20-21-23(16)13-6-5-11(2)12(3)8-13/h5-6,8,10H,4,7,9H2,1-3H3,(H,18,24). The lowest BCUT2D eigenvalue weighted by Crippen LogP contribution is -2.32. The van der Waals surface area contributed by atoms with E-state index in [1.165, 1.54) is 21.1 Å². The van der Waals surface area contributed by atoms with Crippen LogP contribution in [0.1, 0.15) is 24.5 Å². The van der Waals surface area contributed by atoms with Crippen molar-refractivity contribution in [3.05, 3.63) is 46.0 Å². The number of rotatable bonds is 5. The fourth-order valence-corrected chi connectivity index (χ4v) is 2.46. The number of aromatic nitrogens is 5. The summed E-state index contributed by atoms with van der Waals surface area (Å²) in [6.45, 7) is 6.49. The molecule has 0 saturated heterocycles. The molecule has 0 unspecified atom stereocenters. The highest BCUT2D eigenvalue weighted by Crippen LogP contribution is 2.15. The van der Waals surface area contributed by atoms with E-state index in [1.54, 1.807) is 0 Å². The molecule has 1 amide bonds. The highest BCUT2D eigenvalue weighted by Gasteiger charge is 2.15. The molecule has 0 atom stereocenters. The van der Waals surface area contributed by atoms with Gasteiger partial charge < -0.3 is 5.32 Å². The molecule has 0 spiro atoms. The first-order valence-corrected chi connectivity index (χ1v) is 8.16. The number of carbonyl (C=O) groups is 1. The Hall–Kier alpha value is -3.03. The minimum atomic E-state index is -0.383. The van der Waals surface area contributed by atoms with Gasteiger partial charge in [-0.25, -0.2) is 4.98 Å². The molecule has 2 aromatic heterocycles. The minimum Gasteiger partial charge on any atom is -0.355 e. The fraction of sp³-hybridized carbons (Fsp3) is 0.353. The van der Waals surface area contributed by atoms with E-state index in [9.17, 15) is 9.59 Å². The van der Waals surface area contributed by atoms with Crippen molar-refractivity contribution in [2.75, 3.05) is 6.54 Å². The molecule has 0 bridgehead atoms. The van der Waals surface area contributed by atoms with Gasteiger partial charge in [-0.15, -0.1) is 5.10 Å². The third-order valence-electron chi connectivity index (χ3n) is 4.05. The van der Waals surface area contributed by atoms with E-state index >= 15 is 0 Å². The molecule has 8 nitrogen and oxygen atoms in total. The number of nitrogens with zero attached hydrogens (tertiary/aromatic N) is 5. The number of benzene rings is 1. The molecule has 0 aliphatic carbocycles. The summed E-state index contributed by atoms with van der Waals surface area (Å²) < 4.78 is 2.78. The summed E-state index contributed by atoms with van der Waals surface area (Å²) in [6, 6.07) is 5.86. The Morgan fingerprint density at radius 1 is 1.24 bits per heavy atom. The van der Waals surface area contributed by atoms with E-state index in [2.05, 4.69) is 20.6 Å². The zero-order valence-corrected chi connectivity index (χ0v) is 14.5. The second-order valence-corrected chi connectivity index (χ2v) is 5.97. The Balaban J connectivity index is 1.97. The van der Waals surface area contributed by atoms with Crippen LogP contribution in [0.5, 0.6) is 0 Å². The van der Waals surface area contributed by atoms with Crippen LogP contribution in [-0.2, 0) is 11.3 Å². The zero-order chi connectivity index (χ0) is 18.0. The van der Waals surface area contributed by atoms with Crippen LogP contribution in [0.15, 0.2) is 29.3 Å². The van der Waals surface area contributed by atoms with Crippen LogP contribution in [0.3, 0.4) is 0 Å². The van der Waals surface area contributed by atoms with Crippen LogP contribution in [0.4, 0.5) is 0 Å². The molecule has 0 aliphatic rings. The molecule has 3 rings (SSSR count). The third kappa shape index (κ3) is 3.28. The zero-order valence-electron chi connectivity index (χ0n) is 14.5. The summed E-state index contributed by atoms with van der Waals surface area (Å²) in [7, 11) is 0. The summed E-state index contributed by atoms with van der Waals surface area (Å²) in [5, 5.41) is 10.8. The average Bonchev–Trinajstić information content (AvgIpc) is 3.03. The molecule has 2 heterocycles. The van der Waals surface area contributed by atoms with Gasteiger partial charge in [0.05, 0.1) is 5.69 Å². The summed E-state index contributed by atoms with van der Waals surface area (Å²) in [4.78, 5) is 28.6. The van der Waals surface area contributed by atoms with Crippen LogP contribution >= 0.6 is 0 Å². The van der Waals surface area contributed by atoms with E-state index in [-0.39, 0.29) is 23.5 Å². The molecule has 1 N–H and O–H groups in total. The number of carbonyl (C=O) groups excluding carboxylic acids is 1. The van der Waals surface area contributed by atoms with E-state index in [0.717, 1.165) is 17.7 Å². The minimum absolute atomic E-state index is 0.0850. The smallest absolute Gasteiger partial charge is 0.284 e.